The molecule has 3 rings (SSSR count). The van der Waals surface area contributed by atoms with E-state index in [1.807, 2.05) is 12.1 Å². The first kappa shape index (κ1) is 15.9. The molecular weight excluding hydrogens is 298 g/mol. The maximum absolute atomic E-state index is 12.4. The Hall–Kier alpha value is -0.950. The fourth-order valence-corrected chi connectivity index (χ4v) is 4.51. The van der Waals surface area contributed by atoms with Crippen LogP contribution in [0.5, 0.6) is 0 Å². The van der Waals surface area contributed by atoms with Gasteiger partial charge < -0.3 is 10.2 Å². The van der Waals surface area contributed by atoms with Gasteiger partial charge in [-0.25, -0.2) is 13.1 Å². The van der Waals surface area contributed by atoms with Crippen LogP contribution in [0.25, 0.3) is 0 Å². The predicted octanol–water partition coefficient (Wildman–Crippen LogP) is 1.09. The number of sulfonamides is 1. The number of benzene rings is 1. The Kier molecular flexibility index (Phi) is 4.82. The maximum atomic E-state index is 12.4. The van der Waals surface area contributed by atoms with Crippen molar-refractivity contribution < 1.29 is 8.42 Å². The molecular formula is C16H25N3O2S. The van der Waals surface area contributed by atoms with Gasteiger partial charge in [0.15, 0.2) is 0 Å². The minimum Gasteiger partial charge on any atom is -0.312 e. The summed E-state index contributed by atoms with van der Waals surface area (Å²) in [4.78, 5) is 2.70. The molecule has 0 aliphatic carbocycles. The lowest BCUT2D eigenvalue weighted by atomic mass is 10.0. The summed E-state index contributed by atoms with van der Waals surface area (Å²) >= 11 is 0. The van der Waals surface area contributed by atoms with Gasteiger partial charge in [-0.3, -0.25) is 0 Å². The number of hydrogen-bond acceptors (Lipinski definition) is 4. The summed E-state index contributed by atoms with van der Waals surface area (Å²) < 4.78 is 27.6. The molecule has 2 N–H and O–H groups in total. The molecule has 1 aromatic carbocycles. The fraction of sp³-hybridized carbons (Fsp3) is 0.625. The van der Waals surface area contributed by atoms with Crippen molar-refractivity contribution in [1.29, 1.82) is 0 Å². The van der Waals surface area contributed by atoms with Gasteiger partial charge in [-0.05, 0) is 69.1 Å². The van der Waals surface area contributed by atoms with Crippen LogP contribution in [0.4, 0.5) is 0 Å². The molecule has 22 heavy (non-hydrogen) atoms. The summed E-state index contributed by atoms with van der Waals surface area (Å²) in [5, 5.41) is 3.28. The van der Waals surface area contributed by atoms with E-state index in [4.69, 9.17) is 0 Å². The zero-order chi connectivity index (χ0) is 15.6. The summed E-state index contributed by atoms with van der Waals surface area (Å²) in [7, 11) is -1.29. The minimum atomic E-state index is -3.40. The molecule has 1 fully saturated rings. The number of nitrogens with one attached hydrogen (secondary N) is 2. The Balaban J connectivity index is 1.62. The van der Waals surface area contributed by atoms with Crippen molar-refractivity contribution in [3.63, 3.8) is 0 Å². The number of fused-ring (bicyclic) bond motifs is 1. The monoisotopic (exact) mass is 323 g/mol. The molecule has 1 atom stereocenters. The molecule has 0 amide bonds. The van der Waals surface area contributed by atoms with E-state index >= 15 is 0 Å². The first-order valence-corrected chi connectivity index (χ1v) is 9.57. The van der Waals surface area contributed by atoms with Crippen LogP contribution >= 0.6 is 0 Å². The quantitative estimate of drug-likeness (QED) is 0.852. The van der Waals surface area contributed by atoms with E-state index in [0.29, 0.717) is 17.5 Å². The largest absolute Gasteiger partial charge is 0.312 e. The van der Waals surface area contributed by atoms with Crippen LogP contribution in [-0.4, -0.2) is 46.0 Å². The van der Waals surface area contributed by atoms with Crippen LogP contribution in [0, 0.1) is 0 Å². The molecule has 0 saturated carbocycles. The Labute approximate surface area is 133 Å². The van der Waals surface area contributed by atoms with Crippen molar-refractivity contribution in [2.45, 2.75) is 43.2 Å². The molecule has 0 unspecified atom stereocenters. The normalized spacial score (nSPS) is 22.7. The Bertz CT molecular complexity index is 630. The first-order chi connectivity index (χ1) is 10.6. The molecule has 0 radical (unpaired) electrons. The molecule has 0 spiro atoms. The van der Waals surface area contributed by atoms with Gasteiger partial charge in [-0.1, -0.05) is 6.07 Å². The first-order valence-electron chi connectivity index (χ1n) is 8.09. The van der Waals surface area contributed by atoms with E-state index in [0.717, 1.165) is 38.0 Å². The second kappa shape index (κ2) is 6.66. The van der Waals surface area contributed by atoms with Crippen molar-refractivity contribution in [1.82, 2.24) is 14.9 Å². The van der Waals surface area contributed by atoms with Gasteiger partial charge in [0, 0.05) is 19.1 Å². The van der Waals surface area contributed by atoms with Crippen LogP contribution < -0.4 is 10.0 Å². The smallest absolute Gasteiger partial charge is 0.240 e. The highest BCUT2D eigenvalue weighted by Gasteiger charge is 2.22. The Morgan fingerprint density at radius 3 is 3.00 bits per heavy atom. The van der Waals surface area contributed by atoms with Crippen LogP contribution in [0.1, 0.15) is 30.4 Å². The number of hydrogen-bond donors (Lipinski definition) is 2. The third-order valence-electron chi connectivity index (χ3n) is 4.82. The third kappa shape index (κ3) is 3.51. The molecule has 6 heteroatoms. The van der Waals surface area contributed by atoms with E-state index in [-0.39, 0.29) is 0 Å². The summed E-state index contributed by atoms with van der Waals surface area (Å²) in [5.74, 6) is 0. The molecule has 0 aromatic heterocycles. The average molecular weight is 323 g/mol. The number of likely N-dealkylation sites (tertiary alicyclic amines) is 1. The molecule has 2 aliphatic heterocycles. The van der Waals surface area contributed by atoms with Gasteiger partial charge in [0.1, 0.15) is 0 Å². The second-order valence-electron chi connectivity index (χ2n) is 6.32. The summed E-state index contributed by atoms with van der Waals surface area (Å²) in [6.07, 6.45) is 4.23. The van der Waals surface area contributed by atoms with Crippen molar-refractivity contribution in [3.8, 4) is 0 Å². The van der Waals surface area contributed by atoms with Gasteiger partial charge in [0.25, 0.3) is 0 Å². The standard InChI is InChI=1S/C16H25N3O2S/c1-19-10-2-3-15(19)7-9-18-22(20,21)16-5-4-13-6-8-17-12-14(13)11-16/h4-5,11,15,17-18H,2-3,6-10,12H2,1H3/t15-/m0/s1. The molecule has 0 bridgehead atoms. The number of nitrogens with zero attached hydrogens (tertiary/aromatic N) is 1. The number of rotatable bonds is 5. The lowest BCUT2D eigenvalue weighted by molar-refractivity contribution is 0.297. The SMILES string of the molecule is CN1CCC[C@H]1CCNS(=O)(=O)c1ccc2c(c1)CNCC2. The zero-order valence-corrected chi connectivity index (χ0v) is 14.0. The molecule has 1 saturated heterocycles. The van der Waals surface area contributed by atoms with Gasteiger partial charge in [0.05, 0.1) is 4.90 Å². The molecule has 1 aromatic rings. The highest BCUT2D eigenvalue weighted by molar-refractivity contribution is 7.89. The van der Waals surface area contributed by atoms with Gasteiger partial charge >= 0.3 is 0 Å². The van der Waals surface area contributed by atoms with E-state index in [2.05, 4.69) is 22.0 Å². The van der Waals surface area contributed by atoms with Gasteiger partial charge in [0.2, 0.25) is 10.0 Å². The molecule has 2 heterocycles. The zero-order valence-electron chi connectivity index (χ0n) is 13.1. The highest BCUT2D eigenvalue weighted by Crippen LogP contribution is 2.20. The van der Waals surface area contributed by atoms with Gasteiger partial charge in [-0.15, -0.1) is 0 Å². The topological polar surface area (TPSA) is 61.4 Å². The molecule has 2 aliphatic rings. The lowest BCUT2D eigenvalue weighted by Crippen LogP contribution is -2.32. The third-order valence-corrected chi connectivity index (χ3v) is 6.27. The lowest BCUT2D eigenvalue weighted by Gasteiger charge is -2.20. The van der Waals surface area contributed by atoms with E-state index in [9.17, 15) is 8.42 Å². The predicted molar refractivity (Wildman–Crippen MR) is 87.3 cm³/mol. The Morgan fingerprint density at radius 1 is 1.36 bits per heavy atom. The average Bonchev–Trinajstić information content (AvgIpc) is 2.92. The van der Waals surface area contributed by atoms with Crippen molar-refractivity contribution in [2.24, 2.45) is 0 Å². The van der Waals surface area contributed by atoms with Gasteiger partial charge in [-0.2, -0.15) is 0 Å². The Morgan fingerprint density at radius 2 is 2.23 bits per heavy atom. The van der Waals surface area contributed by atoms with Crippen LogP contribution in [0.15, 0.2) is 23.1 Å². The molecule has 5 nitrogen and oxygen atoms in total. The van der Waals surface area contributed by atoms with E-state index in [1.165, 1.54) is 18.4 Å². The minimum absolute atomic E-state index is 0.384. The van der Waals surface area contributed by atoms with Crippen molar-refractivity contribution in [2.75, 3.05) is 26.7 Å². The second-order valence-corrected chi connectivity index (χ2v) is 8.09. The van der Waals surface area contributed by atoms with Crippen molar-refractivity contribution >= 4 is 10.0 Å². The van der Waals surface area contributed by atoms with Crippen LogP contribution in [0.2, 0.25) is 0 Å². The van der Waals surface area contributed by atoms with Crippen LogP contribution in [0.3, 0.4) is 0 Å². The summed E-state index contributed by atoms with van der Waals surface area (Å²) in [6.45, 7) is 3.35. The maximum Gasteiger partial charge on any atom is 0.240 e. The van der Waals surface area contributed by atoms with E-state index in [1.54, 1.807) is 6.07 Å². The summed E-state index contributed by atoms with van der Waals surface area (Å²) in [6, 6.07) is 6.00. The van der Waals surface area contributed by atoms with E-state index < -0.39 is 10.0 Å². The highest BCUT2D eigenvalue weighted by atomic mass is 32.2. The fourth-order valence-electron chi connectivity index (χ4n) is 3.41. The summed E-state index contributed by atoms with van der Waals surface area (Å²) in [5.41, 5.74) is 2.36. The molecule has 122 valence electrons. The van der Waals surface area contributed by atoms with Crippen molar-refractivity contribution in [3.05, 3.63) is 29.3 Å². The van der Waals surface area contributed by atoms with Crippen LogP contribution in [-0.2, 0) is 23.0 Å².